The molecule has 0 bridgehead atoms. The van der Waals surface area contributed by atoms with Crippen LogP contribution in [0.4, 0.5) is 0 Å². The number of nitrogens with one attached hydrogen (secondary N) is 2. The molecular formula is C26H20N4O8. The summed E-state index contributed by atoms with van der Waals surface area (Å²) < 4.78 is 21.7. The molecule has 0 amide bonds. The summed E-state index contributed by atoms with van der Waals surface area (Å²) in [5.74, 6) is 1.10. The highest BCUT2D eigenvalue weighted by Crippen LogP contribution is 2.32. The molecule has 2 N–H and O–H groups in total. The highest BCUT2D eigenvalue weighted by Gasteiger charge is 2.17. The third-order valence-electron chi connectivity index (χ3n) is 5.55. The first kappa shape index (κ1) is 24.4. The van der Waals surface area contributed by atoms with Crippen LogP contribution in [-0.4, -0.2) is 33.7 Å². The number of rotatable bonds is 3. The van der Waals surface area contributed by atoms with E-state index in [2.05, 4.69) is 19.9 Å². The average molecular weight is 516 g/mol. The maximum atomic E-state index is 11.7. The maximum Gasteiger partial charge on any atom is 0.351 e. The van der Waals surface area contributed by atoms with Crippen molar-refractivity contribution in [1.29, 1.82) is 0 Å². The number of hydrogen-bond donors (Lipinski definition) is 2. The van der Waals surface area contributed by atoms with Crippen molar-refractivity contribution >= 4 is 21.9 Å². The lowest BCUT2D eigenvalue weighted by Gasteiger charge is -2.09. The number of H-pyrrole nitrogens is 2. The molecule has 0 fully saturated rings. The minimum Gasteiger partial charge on any atom is -0.493 e. The minimum atomic E-state index is -0.730. The van der Waals surface area contributed by atoms with Crippen molar-refractivity contribution < 1.29 is 18.3 Å². The third-order valence-corrected chi connectivity index (χ3v) is 5.55. The molecule has 12 heteroatoms. The van der Waals surface area contributed by atoms with E-state index in [-0.39, 0.29) is 22.9 Å². The second kappa shape index (κ2) is 9.65. The molecule has 0 spiro atoms. The quantitative estimate of drug-likeness (QED) is 0.333. The fourth-order valence-electron chi connectivity index (χ4n) is 3.96. The van der Waals surface area contributed by atoms with Gasteiger partial charge in [-0.25, -0.2) is 9.59 Å². The Kier molecular flexibility index (Phi) is 6.21. The van der Waals surface area contributed by atoms with Crippen LogP contribution in [0.25, 0.3) is 44.8 Å². The van der Waals surface area contributed by atoms with E-state index in [4.69, 9.17) is 18.3 Å². The van der Waals surface area contributed by atoms with Crippen molar-refractivity contribution in [1.82, 2.24) is 19.9 Å². The SMILES string of the molecule is CCOc1cccc2cc3c(=O)[nH]c(=O)nc-3oc12.COc1cc(C)cc2cc3c(=O)[nH]c(=O)nc-3oc12. The lowest BCUT2D eigenvalue weighted by Crippen LogP contribution is -2.24. The molecule has 0 aromatic heterocycles. The molecule has 2 aromatic rings. The van der Waals surface area contributed by atoms with E-state index in [1.165, 1.54) is 7.11 Å². The van der Waals surface area contributed by atoms with Crippen molar-refractivity contribution in [3.63, 3.8) is 0 Å². The van der Waals surface area contributed by atoms with Crippen LogP contribution in [0.2, 0.25) is 0 Å². The maximum absolute atomic E-state index is 11.7. The first-order chi connectivity index (χ1) is 18.3. The summed E-state index contributed by atoms with van der Waals surface area (Å²) in [4.78, 5) is 57.3. The lowest BCUT2D eigenvalue weighted by atomic mass is 10.1. The zero-order valence-electron chi connectivity index (χ0n) is 20.4. The molecule has 0 unspecified atom stereocenters. The van der Waals surface area contributed by atoms with Gasteiger partial charge in [0.05, 0.1) is 13.7 Å². The van der Waals surface area contributed by atoms with Crippen LogP contribution in [0, 0.1) is 6.92 Å². The summed E-state index contributed by atoms with van der Waals surface area (Å²) in [6.07, 6.45) is 0. The zero-order valence-corrected chi connectivity index (χ0v) is 20.4. The molecule has 4 aliphatic heterocycles. The number of ether oxygens (including phenoxy) is 2. The van der Waals surface area contributed by atoms with Gasteiger partial charge in [-0.2, -0.15) is 9.97 Å². The van der Waals surface area contributed by atoms with Gasteiger partial charge in [-0.15, -0.1) is 0 Å². The summed E-state index contributed by atoms with van der Waals surface area (Å²) in [7, 11) is 1.53. The Hall–Kier alpha value is -5.26. The van der Waals surface area contributed by atoms with Crippen LogP contribution < -0.4 is 32.0 Å². The number of hydrogen-bond acceptors (Lipinski definition) is 10. The monoisotopic (exact) mass is 516 g/mol. The molecule has 38 heavy (non-hydrogen) atoms. The first-order valence-electron chi connectivity index (χ1n) is 11.4. The van der Waals surface area contributed by atoms with Crippen LogP contribution in [0.5, 0.6) is 11.5 Å². The Labute approximate surface area is 212 Å². The van der Waals surface area contributed by atoms with E-state index in [0.717, 1.165) is 10.9 Å². The Morgan fingerprint density at radius 2 is 1.37 bits per heavy atom. The van der Waals surface area contributed by atoms with Crippen LogP contribution in [0.3, 0.4) is 0 Å². The predicted molar refractivity (Wildman–Crippen MR) is 138 cm³/mol. The Morgan fingerprint density at radius 3 is 1.95 bits per heavy atom. The van der Waals surface area contributed by atoms with Gasteiger partial charge >= 0.3 is 11.4 Å². The lowest BCUT2D eigenvalue weighted by molar-refractivity contribution is 0.338. The normalized spacial score (nSPS) is 11.0. The predicted octanol–water partition coefficient (Wildman–Crippen LogP) is 2.68. The second-order valence-corrected chi connectivity index (χ2v) is 8.17. The summed E-state index contributed by atoms with van der Waals surface area (Å²) in [6.45, 7) is 4.26. The van der Waals surface area contributed by atoms with Crippen LogP contribution in [0.1, 0.15) is 12.5 Å². The van der Waals surface area contributed by atoms with Crippen LogP contribution in [0.15, 0.2) is 70.5 Å². The van der Waals surface area contributed by atoms with E-state index < -0.39 is 22.5 Å². The van der Waals surface area contributed by atoms with Crippen molar-refractivity contribution in [2.24, 2.45) is 0 Å². The number of aryl methyl sites for hydroxylation is 1. The molecule has 0 saturated carbocycles. The van der Waals surface area contributed by atoms with E-state index in [9.17, 15) is 19.2 Å². The third kappa shape index (κ3) is 4.50. The van der Waals surface area contributed by atoms with Gasteiger partial charge in [-0.3, -0.25) is 19.6 Å². The molecule has 0 atom stereocenters. The van der Waals surface area contributed by atoms with Gasteiger partial charge in [0.2, 0.25) is 11.8 Å². The van der Waals surface area contributed by atoms with Crippen molar-refractivity contribution in [3.05, 3.63) is 89.7 Å². The highest BCUT2D eigenvalue weighted by atomic mass is 16.5. The molecule has 0 radical (unpaired) electrons. The number of benzene rings is 2. The number of aromatic nitrogens is 4. The van der Waals surface area contributed by atoms with Crippen LogP contribution in [-0.2, 0) is 0 Å². The summed E-state index contributed by atoms with van der Waals surface area (Å²) in [5.41, 5.74) is -0.110. The largest absolute Gasteiger partial charge is 0.493 e. The zero-order chi connectivity index (χ0) is 27.0. The summed E-state index contributed by atoms with van der Waals surface area (Å²) in [6, 6.07) is 12.3. The summed E-state index contributed by atoms with van der Waals surface area (Å²) >= 11 is 0. The molecule has 4 heterocycles. The molecule has 0 aliphatic carbocycles. The molecule has 4 aliphatic rings. The second-order valence-electron chi connectivity index (χ2n) is 8.17. The molecule has 192 valence electrons. The van der Waals surface area contributed by atoms with Crippen molar-refractivity contribution in [3.8, 4) is 34.4 Å². The van der Waals surface area contributed by atoms with Gasteiger partial charge in [0.25, 0.3) is 11.1 Å². The Bertz CT molecular complexity index is 1990. The van der Waals surface area contributed by atoms with E-state index in [1.54, 1.807) is 30.3 Å². The van der Waals surface area contributed by atoms with Gasteiger partial charge in [-0.1, -0.05) is 12.1 Å². The molecule has 6 rings (SSSR count). The first-order valence-corrected chi connectivity index (χ1v) is 11.4. The fraction of sp³-hybridized carbons (Fsp3) is 0.154. The van der Waals surface area contributed by atoms with Gasteiger partial charge in [0.1, 0.15) is 11.1 Å². The number of methoxy groups -OCH3 is 1. The highest BCUT2D eigenvalue weighted by molar-refractivity contribution is 5.87. The van der Waals surface area contributed by atoms with Crippen molar-refractivity contribution in [2.75, 3.05) is 13.7 Å². The van der Waals surface area contributed by atoms with Gasteiger partial charge in [-0.05, 0) is 49.7 Å². The smallest absolute Gasteiger partial charge is 0.351 e. The average Bonchev–Trinajstić information content (AvgIpc) is 2.87. The molecule has 0 saturated heterocycles. The van der Waals surface area contributed by atoms with E-state index in [1.807, 2.05) is 26.0 Å². The fourth-order valence-corrected chi connectivity index (χ4v) is 3.96. The number of aromatic amines is 2. The number of fused-ring (bicyclic) bond motifs is 4. The number of nitrogens with zero attached hydrogens (tertiary/aromatic N) is 2. The topological polar surface area (TPSA) is 170 Å². The Morgan fingerprint density at radius 1 is 0.789 bits per heavy atom. The van der Waals surface area contributed by atoms with Crippen LogP contribution >= 0.6 is 0 Å². The minimum absolute atomic E-state index is 0.00315. The molecular weight excluding hydrogens is 496 g/mol. The number of para-hydroxylation sites is 1. The Balaban J connectivity index is 0.000000155. The van der Waals surface area contributed by atoms with E-state index >= 15 is 0 Å². The molecule has 12 nitrogen and oxygen atoms in total. The van der Waals surface area contributed by atoms with Gasteiger partial charge in [0, 0.05) is 10.8 Å². The van der Waals surface area contributed by atoms with Gasteiger partial charge in [0.15, 0.2) is 22.7 Å². The summed E-state index contributed by atoms with van der Waals surface area (Å²) in [5, 5.41) is 1.43. The van der Waals surface area contributed by atoms with E-state index in [0.29, 0.717) is 34.7 Å². The standard InChI is InChI=1S/2C13H10N2O4/c1-6-3-7-5-8-11(16)14-13(17)15-12(8)19-10(7)9(4-6)18-2;1-2-18-9-5-3-4-7-6-8-11(16)14-13(17)15-12(8)19-10(7)9/h3-5H,1-2H3,(H,14,16,17);3-6H,2H2,1H3,(H,14,16,17). The van der Waals surface area contributed by atoms with Gasteiger partial charge < -0.3 is 18.3 Å². The van der Waals surface area contributed by atoms with Crippen molar-refractivity contribution in [2.45, 2.75) is 13.8 Å². The molecule has 2 aromatic carbocycles.